The van der Waals surface area contributed by atoms with Gasteiger partial charge in [-0.15, -0.1) is 0 Å². The van der Waals surface area contributed by atoms with Gasteiger partial charge in [-0.1, -0.05) is 29.3 Å². The molecule has 90 valence electrons. The molecule has 0 bridgehead atoms. The van der Waals surface area contributed by atoms with E-state index in [2.05, 4.69) is 0 Å². The average Bonchev–Trinajstić information content (AvgIpc) is 2.36. The van der Waals surface area contributed by atoms with E-state index >= 15 is 0 Å². The molecule has 2 aromatic carbocycles. The predicted molar refractivity (Wildman–Crippen MR) is 72.4 cm³/mol. The van der Waals surface area contributed by atoms with Crippen molar-refractivity contribution in [1.82, 2.24) is 0 Å². The zero-order valence-corrected chi connectivity index (χ0v) is 11.1. The monoisotopic (exact) mass is 277 g/mol. The Hall–Kier alpha value is -1.69. The van der Waals surface area contributed by atoms with Gasteiger partial charge in [0, 0.05) is 5.02 Å². The normalized spacial score (nSPS) is 9.89. The number of aryl methyl sites for hydroxylation is 1. The van der Waals surface area contributed by atoms with Crippen molar-refractivity contribution in [2.24, 2.45) is 0 Å². The molecule has 2 nitrogen and oxygen atoms in total. The lowest BCUT2D eigenvalue weighted by atomic mass is 10.2. The molecule has 0 aliphatic rings. The molecule has 18 heavy (non-hydrogen) atoms. The van der Waals surface area contributed by atoms with Crippen LogP contribution in [0.5, 0.6) is 11.5 Å². The Balaban J connectivity index is 2.34. The lowest BCUT2D eigenvalue weighted by Gasteiger charge is -2.10. The third-order valence-corrected chi connectivity index (χ3v) is 2.96. The molecule has 0 heterocycles. The minimum absolute atomic E-state index is 0.397. The summed E-state index contributed by atoms with van der Waals surface area (Å²) >= 11 is 12.0. The number of nitriles is 1. The second-order valence-electron chi connectivity index (χ2n) is 3.77. The molecule has 2 rings (SSSR count). The molecule has 0 amide bonds. The Bertz CT molecular complexity index is 632. The first-order chi connectivity index (χ1) is 8.60. The topological polar surface area (TPSA) is 33.0 Å². The van der Waals surface area contributed by atoms with Crippen molar-refractivity contribution in [2.75, 3.05) is 0 Å². The third kappa shape index (κ3) is 2.76. The quantitative estimate of drug-likeness (QED) is 0.777. The van der Waals surface area contributed by atoms with Crippen LogP contribution in [0.15, 0.2) is 36.4 Å². The van der Waals surface area contributed by atoms with Crippen LogP contribution < -0.4 is 4.74 Å². The fraction of sp³-hybridized carbons (Fsp3) is 0.0714. The van der Waals surface area contributed by atoms with Crippen molar-refractivity contribution in [3.63, 3.8) is 0 Å². The highest BCUT2D eigenvalue weighted by atomic mass is 35.5. The maximum Gasteiger partial charge on any atom is 0.146 e. The van der Waals surface area contributed by atoms with Crippen LogP contribution in [0.3, 0.4) is 0 Å². The molecule has 0 radical (unpaired) electrons. The maximum absolute atomic E-state index is 8.76. The number of ether oxygens (including phenoxy) is 1. The molecular weight excluding hydrogens is 269 g/mol. The zero-order valence-electron chi connectivity index (χ0n) is 9.58. The summed E-state index contributed by atoms with van der Waals surface area (Å²) in [4.78, 5) is 0. The standard InChI is InChI=1S/C14H9Cl2NO/c1-9-2-4-11(15)7-14(9)18-13-5-3-10(8-17)6-12(13)16/h2-7H,1H3. The van der Waals surface area contributed by atoms with Crippen molar-refractivity contribution in [3.05, 3.63) is 57.6 Å². The zero-order chi connectivity index (χ0) is 13.1. The van der Waals surface area contributed by atoms with Crippen LogP contribution in [0.1, 0.15) is 11.1 Å². The van der Waals surface area contributed by atoms with Gasteiger partial charge in [0.1, 0.15) is 11.5 Å². The first-order valence-electron chi connectivity index (χ1n) is 5.24. The molecule has 2 aromatic rings. The van der Waals surface area contributed by atoms with Gasteiger partial charge in [0.15, 0.2) is 0 Å². The molecule has 0 spiro atoms. The minimum Gasteiger partial charge on any atom is -0.455 e. The van der Waals surface area contributed by atoms with Crippen molar-refractivity contribution >= 4 is 23.2 Å². The Morgan fingerprint density at radius 2 is 1.83 bits per heavy atom. The van der Waals surface area contributed by atoms with Gasteiger partial charge in [-0.3, -0.25) is 0 Å². The largest absolute Gasteiger partial charge is 0.455 e. The summed E-state index contributed by atoms with van der Waals surface area (Å²) < 4.78 is 5.69. The van der Waals surface area contributed by atoms with Crippen LogP contribution in [0.25, 0.3) is 0 Å². The Kier molecular flexibility index (Phi) is 3.76. The first kappa shape index (κ1) is 12.8. The van der Waals surface area contributed by atoms with E-state index in [9.17, 15) is 0 Å². The van der Waals surface area contributed by atoms with Gasteiger partial charge < -0.3 is 4.74 Å². The van der Waals surface area contributed by atoms with Gasteiger partial charge >= 0.3 is 0 Å². The van der Waals surface area contributed by atoms with E-state index in [0.717, 1.165) is 5.56 Å². The lowest BCUT2D eigenvalue weighted by Crippen LogP contribution is -1.89. The molecule has 0 aliphatic carbocycles. The van der Waals surface area contributed by atoms with Crippen LogP contribution in [-0.4, -0.2) is 0 Å². The highest BCUT2D eigenvalue weighted by Gasteiger charge is 2.07. The number of halogens is 2. The highest BCUT2D eigenvalue weighted by Crippen LogP contribution is 2.32. The van der Waals surface area contributed by atoms with E-state index in [1.165, 1.54) is 0 Å². The summed E-state index contributed by atoms with van der Waals surface area (Å²) in [7, 11) is 0. The Labute approximate surface area is 115 Å². The molecule has 4 heteroatoms. The molecular formula is C14H9Cl2NO. The van der Waals surface area contributed by atoms with Crippen molar-refractivity contribution in [2.45, 2.75) is 6.92 Å². The summed E-state index contributed by atoms with van der Waals surface area (Å²) in [6.45, 7) is 1.92. The number of rotatable bonds is 2. The number of hydrogen-bond acceptors (Lipinski definition) is 2. The number of hydrogen-bond donors (Lipinski definition) is 0. The highest BCUT2D eigenvalue weighted by molar-refractivity contribution is 6.32. The van der Waals surface area contributed by atoms with Gasteiger partial charge in [-0.05, 0) is 42.8 Å². The van der Waals surface area contributed by atoms with Crippen LogP contribution in [-0.2, 0) is 0 Å². The third-order valence-electron chi connectivity index (χ3n) is 2.43. The Morgan fingerprint density at radius 1 is 1.06 bits per heavy atom. The van der Waals surface area contributed by atoms with Gasteiger partial charge in [-0.2, -0.15) is 5.26 Å². The summed E-state index contributed by atoms with van der Waals surface area (Å²) in [6.07, 6.45) is 0. The first-order valence-corrected chi connectivity index (χ1v) is 5.99. The SMILES string of the molecule is Cc1ccc(Cl)cc1Oc1ccc(C#N)cc1Cl. The smallest absolute Gasteiger partial charge is 0.146 e. The molecule has 0 atom stereocenters. The fourth-order valence-electron chi connectivity index (χ4n) is 1.46. The molecule has 0 aromatic heterocycles. The molecule has 0 saturated heterocycles. The Morgan fingerprint density at radius 3 is 2.50 bits per heavy atom. The van der Waals surface area contributed by atoms with E-state index in [-0.39, 0.29) is 0 Å². The van der Waals surface area contributed by atoms with E-state index in [4.69, 9.17) is 33.2 Å². The van der Waals surface area contributed by atoms with E-state index in [0.29, 0.717) is 27.1 Å². The molecule has 0 saturated carbocycles. The van der Waals surface area contributed by atoms with E-state index < -0.39 is 0 Å². The molecule has 0 N–H and O–H groups in total. The summed E-state index contributed by atoms with van der Waals surface area (Å²) in [5.74, 6) is 1.15. The summed E-state index contributed by atoms with van der Waals surface area (Å²) in [5.41, 5.74) is 1.45. The average molecular weight is 278 g/mol. The second-order valence-corrected chi connectivity index (χ2v) is 4.61. The number of benzene rings is 2. The molecule has 0 fully saturated rings. The fourth-order valence-corrected chi connectivity index (χ4v) is 1.84. The van der Waals surface area contributed by atoms with Crippen molar-refractivity contribution in [3.8, 4) is 17.6 Å². The van der Waals surface area contributed by atoms with Crippen LogP contribution in [0.2, 0.25) is 10.0 Å². The van der Waals surface area contributed by atoms with Gasteiger partial charge in [-0.25, -0.2) is 0 Å². The maximum atomic E-state index is 8.76. The van der Waals surface area contributed by atoms with Crippen molar-refractivity contribution in [1.29, 1.82) is 5.26 Å². The molecule has 0 aliphatic heterocycles. The van der Waals surface area contributed by atoms with E-state index in [1.54, 1.807) is 30.3 Å². The minimum atomic E-state index is 0.397. The van der Waals surface area contributed by atoms with Gasteiger partial charge in [0.25, 0.3) is 0 Å². The van der Waals surface area contributed by atoms with Crippen LogP contribution in [0.4, 0.5) is 0 Å². The van der Waals surface area contributed by atoms with Gasteiger partial charge in [0.05, 0.1) is 16.7 Å². The molecule has 0 unspecified atom stereocenters. The van der Waals surface area contributed by atoms with E-state index in [1.807, 2.05) is 19.1 Å². The van der Waals surface area contributed by atoms with Crippen molar-refractivity contribution < 1.29 is 4.74 Å². The lowest BCUT2D eigenvalue weighted by molar-refractivity contribution is 0.479. The summed E-state index contributed by atoms with van der Waals surface area (Å²) in [5, 5.41) is 9.75. The van der Waals surface area contributed by atoms with Gasteiger partial charge in [0.2, 0.25) is 0 Å². The second kappa shape index (κ2) is 5.30. The van der Waals surface area contributed by atoms with Crippen LogP contribution in [0, 0.1) is 18.3 Å². The summed E-state index contributed by atoms with van der Waals surface area (Å²) in [6, 6.07) is 12.3. The number of nitrogens with zero attached hydrogens (tertiary/aromatic N) is 1. The van der Waals surface area contributed by atoms with Crippen LogP contribution >= 0.6 is 23.2 Å². The predicted octanol–water partition coefficient (Wildman–Crippen LogP) is 4.97.